The molecule has 0 aliphatic carbocycles. The van der Waals surface area contributed by atoms with Crippen LogP contribution in [0.25, 0.3) is 0 Å². The van der Waals surface area contributed by atoms with E-state index in [0.717, 1.165) is 19.1 Å². The monoisotopic (exact) mass is 227 g/mol. The van der Waals surface area contributed by atoms with E-state index in [1.807, 2.05) is 0 Å². The van der Waals surface area contributed by atoms with Crippen LogP contribution in [0.4, 0.5) is 0 Å². The van der Waals surface area contributed by atoms with Crippen molar-refractivity contribution in [1.82, 2.24) is 15.5 Å². The molecule has 0 saturated carbocycles. The van der Waals surface area contributed by atoms with Gasteiger partial charge >= 0.3 is 0 Å². The van der Waals surface area contributed by atoms with E-state index >= 15 is 0 Å². The Hall–Kier alpha value is -0.120. The highest BCUT2D eigenvalue weighted by Gasteiger charge is 2.11. The second-order valence-electron chi connectivity index (χ2n) is 5.28. The van der Waals surface area contributed by atoms with Gasteiger partial charge in [-0.15, -0.1) is 0 Å². The molecule has 3 heteroatoms. The molecule has 0 radical (unpaired) electrons. The molecule has 0 bridgehead atoms. The molecule has 1 fully saturated rings. The van der Waals surface area contributed by atoms with Crippen LogP contribution in [0.15, 0.2) is 0 Å². The van der Waals surface area contributed by atoms with Gasteiger partial charge in [0.1, 0.15) is 0 Å². The minimum atomic E-state index is 0.667. The maximum atomic E-state index is 3.56. The first-order valence-electron chi connectivity index (χ1n) is 6.84. The van der Waals surface area contributed by atoms with Crippen molar-refractivity contribution in [1.29, 1.82) is 0 Å². The molecule has 1 aliphatic heterocycles. The Morgan fingerprint density at radius 2 is 2.19 bits per heavy atom. The molecule has 1 atom stereocenters. The molecule has 1 unspecified atom stereocenters. The Kier molecular flexibility index (Phi) is 7.01. The van der Waals surface area contributed by atoms with E-state index in [1.165, 1.54) is 38.8 Å². The predicted octanol–water partition coefficient (Wildman–Crippen LogP) is 1.45. The number of nitrogens with one attached hydrogen (secondary N) is 2. The Morgan fingerprint density at radius 1 is 1.38 bits per heavy atom. The lowest BCUT2D eigenvalue weighted by Crippen LogP contribution is -2.42. The maximum Gasteiger partial charge on any atom is 0.0192 e. The molecular weight excluding hydrogens is 198 g/mol. The minimum Gasteiger partial charge on any atom is -0.315 e. The number of rotatable bonds is 7. The third-order valence-electron chi connectivity index (χ3n) is 3.55. The summed E-state index contributed by atoms with van der Waals surface area (Å²) in [5, 5.41) is 7.12. The van der Waals surface area contributed by atoms with E-state index in [1.54, 1.807) is 0 Å². The zero-order chi connectivity index (χ0) is 11.8. The molecular formula is C13H29N3. The third kappa shape index (κ3) is 5.83. The van der Waals surface area contributed by atoms with Gasteiger partial charge in [-0.2, -0.15) is 0 Å². The molecule has 1 rings (SSSR count). The van der Waals surface area contributed by atoms with Gasteiger partial charge in [-0.1, -0.05) is 6.42 Å². The van der Waals surface area contributed by atoms with E-state index in [-0.39, 0.29) is 0 Å². The van der Waals surface area contributed by atoms with E-state index in [0.29, 0.717) is 6.04 Å². The van der Waals surface area contributed by atoms with E-state index < -0.39 is 0 Å². The van der Waals surface area contributed by atoms with Crippen LogP contribution < -0.4 is 10.6 Å². The van der Waals surface area contributed by atoms with Crippen LogP contribution >= 0.6 is 0 Å². The molecule has 16 heavy (non-hydrogen) atoms. The van der Waals surface area contributed by atoms with Gasteiger partial charge in [0.25, 0.3) is 0 Å². The van der Waals surface area contributed by atoms with Crippen LogP contribution in [-0.4, -0.2) is 50.2 Å². The highest BCUT2D eigenvalue weighted by Crippen LogP contribution is 2.05. The quantitative estimate of drug-likeness (QED) is 0.645. The summed E-state index contributed by atoms with van der Waals surface area (Å²) in [6.45, 7) is 9.20. The van der Waals surface area contributed by atoms with Crippen molar-refractivity contribution in [2.24, 2.45) is 0 Å². The highest BCUT2D eigenvalue weighted by atomic mass is 15.1. The molecule has 0 aromatic rings. The lowest BCUT2D eigenvalue weighted by Gasteiger charge is -2.24. The van der Waals surface area contributed by atoms with Crippen LogP contribution in [0.5, 0.6) is 0 Å². The first kappa shape index (κ1) is 13.9. The summed E-state index contributed by atoms with van der Waals surface area (Å²) in [4.78, 5) is 2.40. The van der Waals surface area contributed by atoms with Crippen LogP contribution in [-0.2, 0) is 0 Å². The largest absolute Gasteiger partial charge is 0.315 e. The molecule has 96 valence electrons. The zero-order valence-corrected chi connectivity index (χ0v) is 11.3. The fourth-order valence-electron chi connectivity index (χ4n) is 2.09. The average Bonchev–Trinajstić information content (AvgIpc) is 2.29. The van der Waals surface area contributed by atoms with Crippen LogP contribution in [0.2, 0.25) is 0 Å². The number of piperidine rings is 1. The first-order valence-corrected chi connectivity index (χ1v) is 6.84. The van der Waals surface area contributed by atoms with Crippen molar-refractivity contribution in [2.45, 2.75) is 51.6 Å². The topological polar surface area (TPSA) is 27.3 Å². The Balaban J connectivity index is 1.91. The Labute approximate surface area is 101 Å². The lowest BCUT2D eigenvalue weighted by molar-refractivity contribution is 0.268. The summed E-state index contributed by atoms with van der Waals surface area (Å²) in [5.74, 6) is 0. The van der Waals surface area contributed by atoms with Gasteiger partial charge in [0, 0.05) is 18.6 Å². The molecule has 1 aliphatic rings. The van der Waals surface area contributed by atoms with Crippen molar-refractivity contribution in [2.75, 3.05) is 33.2 Å². The van der Waals surface area contributed by atoms with Crippen molar-refractivity contribution < 1.29 is 0 Å². The molecule has 3 nitrogen and oxygen atoms in total. The standard InChI is InChI=1S/C13H29N3/c1-12(2)16(3)10-6-8-14-11-13-7-4-5-9-15-13/h12-15H,4-11H2,1-3H3. The molecule has 0 aromatic heterocycles. The first-order chi connectivity index (χ1) is 7.70. The number of hydrogen-bond acceptors (Lipinski definition) is 3. The van der Waals surface area contributed by atoms with Crippen LogP contribution in [0, 0.1) is 0 Å². The molecule has 1 heterocycles. The molecule has 1 saturated heterocycles. The minimum absolute atomic E-state index is 0.667. The van der Waals surface area contributed by atoms with E-state index in [4.69, 9.17) is 0 Å². The lowest BCUT2D eigenvalue weighted by atomic mass is 10.1. The normalized spacial score (nSPS) is 21.9. The number of hydrogen-bond donors (Lipinski definition) is 2. The van der Waals surface area contributed by atoms with Crippen molar-refractivity contribution in [3.8, 4) is 0 Å². The summed E-state index contributed by atoms with van der Waals surface area (Å²) in [6.07, 6.45) is 5.35. The predicted molar refractivity (Wildman–Crippen MR) is 70.9 cm³/mol. The van der Waals surface area contributed by atoms with Crippen molar-refractivity contribution >= 4 is 0 Å². The maximum absolute atomic E-state index is 3.56. The van der Waals surface area contributed by atoms with Crippen molar-refractivity contribution in [3.63, 3.8) is 0 Å². The Bertz CT molecular complexity index is 165. The number of nitrogens with zero attached hydrogens (tertiary/aromatic N) is 1. The van der Waals surface area contributed by atoms with Gasteiger partial charge in [0.2, 0.25) is 0 Å². The highest BCUT2D eigenvalue weighted by molar-refractivity contribution is 4.74. The van der Waals surface area contributed by atoms with Gasteiger partial charge in [-0.3, -0.25) is 0 Å². The smallest absolute Gasteiger partial charge is 0.0192 e. The second-order valence-corrected chi connectivity index (χ2v) is 5.28. The summed E-state index contributed by atoms with van der Waals surface area (Å²) in [7, 11) is 2.20. The summed E-state index contributed by atoms with van der Waals surface area (Å²) < 4.78 is 0. The van der Waals surface area contributed by atoms with Gasteiger partial charge in [-0.05, 0) is 59.8 Å². The second kappa shape index (κ2) is 8.04. The molecule has 2 N–H and O–H groups in total. The van der Waals surface area contributed by atoms with Crippen LogP contribution in [0.3, 0.4) is 0 Å². The van der Waals surface area contributed by atoms with Gasteiger partial charge < -0.3 is 15.5 Å². The van der Waals surface area contributed by atoms with E-state index in [2.05, 4.69) is 36.4 Å². The molecule has 0 amide bonds. The Morgan fingerprint density at radius 3 is 2.81 bits per heavy atom. The summed E-state index contributed by atoms with van der Waals surface area (Å²) in [5.41, 5.74) is 0. The fraction of sp³-hybridized carbons (Fsp3) is 1.00. The average molecular weight is 227 g/mol. The van der Waals surface area contributed by atoms with Gasteiger partial charge in [0.05, 0.1) is 0 Å². The van der Waals surface area contributed by atoms with Crippen molar-refractivity contribution in [3.05, 3.63) is 0 Å². The summed E-state index contributed by atoms with van der Waals surface area (Å²) >= 11 is 0. The molecule has 0 spiro atoms. The van der Waals surface area contributed by atoms with E-state index in [9.17, 15) is 0 Å². The van der Waals surface area contributed by atoms with Gasteiger partial charge in [0.15, 0.2) is 0 Å². The van der Waals surface area contributed by atoms with Gasteiger partial charge in [-0.25, -0.2) is 0 Å². The zero-order valence-electron chi connectivity index (χ0n) is 11.3. The SMILES string of the molecule is CC(C)N(C)CCCNCC1CCCCN1. The summed E-state index contributed by atoms with van der Waals surface area (Å²) in [6, 6.07) is 1.39. The fourth-order valence-corrected chi connectivity index (χ4v) is 2.09. The van der Waals surface area contributed by atoms with Crippen LogP contribution in [0.1, 0.15) is 39.5 Å². The molecule has 0 aromatic carbocycles. The third-order valence-corrected chi connectivity index (χ3v) is 3.55.